The summed E-state index contributed by atoms with van der Waals surface area (Å²) in [5, 5.41) is 16.4. The number of carboxylic acids is 1. The second-order valence-electron chi connectivity index (χ2n) is 4.38. The number of aryl methyl sites for hydroxylation is 2. The molecule has 0 unspecified atom stereocenters. The van der Waals surface area contributed by atoms with Crippen LogP contribution in [0.25, 0.3) is 10.9 Å². The molecule has 9 nitrogen and oxygen atoms in total. The van der Waals surface area contributed by atoms with Crippen LogP contribution in [0.5, 0.6) is 0 Å². The number of nitrogens with zero attached hydrogens (tertiary/aromatic N) is 3. The third-order valence-corrected chi connectivity index (χ3v) is 4.70. The molecule has 0 atom stereocenters. The van der Waals surface area contributed by atoms with E-state index >= 15 is 0 Å². The lowest BCUT2D eigenvalue weighted by molar-refractivity contribution is 0.0690. The summed E-state index contributed by atoms with van der Waals surface area (Å²) in [7, 11) is -3.31. The predicted molar refractivity (Wildman–Crippen MR) is 72.1 cm³/mol. The molecule has 0 aliphatic heterocycles. The number of hydrogen-bond acceptors (Lipinski definition) is 7. The van der Waals surface area contributed by atoms with Crippen LogP contribution in [0.1, 0.15) is 23.2 Å². The summed E-state index contributed by atoms with van der Waals surface area (Å²) in [5.74, 6) is -1.56. The van der Waals surface area contributed by atoms with Gasteiger partial charge in [-0.15, -0.1) is 0 Å². The SMILES string of the molecule is CCS(=O)(=O)CCn1nc(C(=O)O)c2c(C)onc2c1=O. The minimum atomic E-state index is -3.31. The van der Waals surface area contributed by atoms with Crippen molar-refractivity contribution >= 4 is 26.7 Å². The first kappa shape index (κ1) is 15.2. The number of aromatic carboxylic acids is 1. The van der Waals surface area contributed by atoms with Gasteiger partial charge in [-0.25, -0.2) is 17.9 Å². The van der Waals surface area contributed by atoms with Crippen LogP contribution in [0.3, 0.4) is 0 Å². The maximum atomic E-state index is 12.1. The quantitative estimate of drug-likeness (QED) is 0.803. The predicted octanol–water partition coefficient (Wildman–Crippen LogP) is -0.174. The molecule has 0 radical (unpaired) electrons. The Bertz CT molecular complexity index is 864. The zero-order valence-corrected chi connectivity index (χ0v) is 12.2. The normalized spacial score (nSPS) is 11.9. The molecule has 0 aliphatic carbocycles. The Balaban J connectivity index is 2.58. The zero-order valence-electron chi connectivity index (χ0n) is 11.4. The zero-order chi connectivity index (χ0) is 15.8. The smallest absolute Gasteiger partial charge is 0.357 e. The molecule has 1 N–H and O–H groups in total. The van der Waals surface area contributed by atoms with Gasteiger partial charge in [0.1, 0.15) is 5.76 Å². The van der Waals surface area contributed by atoms with Gasteiger partial charge in [-0.3, -0.25) is 4.79 Å². The average Bonchev–Trinajstić information content (AvgIpc) is 2.81. The van der Waals surface area contributed by atoms with Gasteiger partial charge in [0.05, 0.1) is 17.7 Å². The van der Waals surface area contributed by atoms with Crippen molar-refractivity contribution in [2.24, 2.45) is 0 Å². The second kappa shape index (κ2) is 5.28. The fraction of sp³-hybridized carbons (Fsp3) is 0.455. The minimum absolute atomic E-state index is 0.0297. The summed E-state index contributed by atoms with van der Waals surface area (Å²) < 4.78 is 28.6. The molecule has 0 saturated heterocycles. The molecule has 0 bridgehead atoms. The highest BCUT2D eigenvalue weighted by molar-refractivity contribution is 7.91. The average molecular weight is 315 g/mol. The van der Waals surface area contributed by atoms with E-state index in [2.05, 4.69) is 10.3 Å². The fourth-order valence-corrected chi connectivity index (χ4v) is 2.55. The number of fused-ring (bicyclic) bond motifs is 1. The van der Waals surface area contributed by atoms with E-state index in [1.54, 1.807) is 0 Å². The summed E-state index contributed by atoms with van der Waals surface area (Å²) in [5.41, 5.74) is -1.25. The topological polar surface area (TPSA) is 132 Å². The van der Waals surface area contributed by atoms with E-state index in [-0.39, 0.29) is 34.7 Å². The first-order valence-corrected chi connectivity index (χ1v) is 7.89. The van der Waals surface area contributed by atoms with Crippen LogP contribution in [-0.2, 0) is 16.4 Å². The number of aromatic nitrogens is 3. The third-order valence-electron chi connectivity index (χ3n) is 3.01. The van der Waals surface area contributed by atoms with Gasteiger partial charge in [0.25, 0.3) is 5.56 Å². The number of rotatable bonds is 5. The Morgan fingerprint density at radius 3 is 2.67 bits per heavy atom. The van der Waals surface area contributed by atoms with E-state index in [4.69, 9.17) is 9.63 Å². The Morgan fingerprint density at radius 2 is 2.10 bits per heavy atom. The fourth-order valence-electron chi connectivity index (χ4n) is 1.81. The van der Waals surface area contributed by atoms with Crippen LogP contribution in [-0.4, -0.2) is 45.9 Å². The highest BCUT2D eigenvalue weighted by Gasteiger charge is 2.22. The van der Waals surface area contributed by atoms with Gasteiger partial charge in [-0.1, -0.05) is 12.1 Å². The monoisotopic (exact) mass is 315 g/mol. The van der Waals surface area contributed by atoms with E-state index in [1.807, 2.05) is 0 Å². The van der Waals surface area contributed by atoms with E-state index in [0.717, 1.165) is 4.68 Å². The molecule has 0 fully saturated rings. The van der Waals surface area contributed by atoms with Crippen LogP contribution < -0.4 is 5.56 Å². The summed E-state index contributed by atoms with van der Waals surface area (Å²) in [6, 6.07) is 0. The molecule has 0 aromatic carbocycles. The third kappa shape index (κ3) is 2.79. The molecule has 2 aromatic heterocycles. The van der Waals surface area contributed by atoms with Crippen LogP contribution in [0.15, 0.2) is 9.32 Å². The van der Waals surface area contributed by atoms with Crippen LogP contribution in [0.4, 0.5) is 0 Å². The lowest BCUT2D eigenvalue weighted by atomic mass is 10.2. The van der Waals surface area contributed by atoms with E-state index < -0.39 is 27.1 Å². The summed E-state index contributed by atoms with van der Waals surface area (Å²) in [6.45, 7) is 2.71. The van der Waals surface area contributed by atoms with Crippen molar-refractivity contribution < 1.29 is 22.8 Å². The van der Waals surface area contributed by atoms with Crippen molar-refractivity contribution in [3.8, 4) is 0 Å². The lowest BCUT2D eigenvalue weighted by Gasteiger charge is -2.06. The van der Waals surface area contributed by atoms with Crippen molar-refractivity contribution in [1.29, 1.82) is 0 Å². The highest BCUT2D eigenvalue weighted by Crippen LogP contribution is 2.17. The Morgan fingerprint density at radius 1 is 1.43 bits per heavy atom. The van der Waals surface area contributed by atoms with Gasteiger partial charge >= 0.3 is 5.97 Å². The Hall–Kier alpha value is -2.23. The van der Waals surface area contributed by atoms with Crippen molar-refractivity contribution in [2.75, 3.05) is 11.5 Å². The lowest BCUT2D eigenvalue weighted by Crippen LogP contribution is -2.29. The maximum absolute atomic E-state index is 12.1. The maximum Gasteiger partial charge on any atom is 0.357 e. The van der Waals surface area contributed by atoms with Crippen molar-refractivity contribution in [3.63, 3.8) is 0 Å². The number of hydrogen-bond donors (Lipinski definition) is 1. The Labute approximate surface area is 119 Å². The van der Waals surface area contributed by atoms with Gasteiger partial charge in [0, 0.05) is 5.75 Å². The molecule has 2 aromatic rings. The van der Waals surface area contributed by atoms with Gasteiger partial charge in [-0.2, -0.15) is 5.10 Å². The van der Waals surface area contributed by atoms with Gasteiger partial charge < -0.3 is 9.63 Å². The highest BCUT2D eigenvalue weighted by atomic mass is 32.2. The number of carbonyl (C=O) groups is 1. The van der Waals surface area contributed by atoms with Crippen LogP contribution >= 0.6 is 0 Å². The van der Waals surface area contributed by atoms with Gasteiger partial charge in [-0.05, 0) is 6.92 Å². The van der Waals surface area contributed by atoms with Crippen molar-refractivity contribution in [2.45, 2.75) is 20.4 Å². The molecule has 0 aliphatic rings. The van der Waals surface area contributed by atoms with E-state index in [1.165, 1.54) is 13.8 Å². The number of sulfone groups is 1. The van der Waals surface area contributed by atoms with Crippen molar-refractivity contribution in [3.05, 3.63) is 21.8 Å². The molecule has 114 valence electrons. The molecule has 21 heavy (non-hydrogen) atoms. The molecule has 0 spiro atoms. The first-order valence-electron chi connectivity index (χ1n) is 6.07. The summed E-state index contributed by atoms with van der Waals surface area (Å²) >= 11 is 0. The second-order valence-corrected chi connectivity index (χ2v) is 6.85. The molecule has 10 heteroatoms. The molecule has 2 heterocycles. The van der Waals surface area contributed by atoms with Gasteiger partial charge in [0.2, 0.25) is 0 Å². The van der Waals surface area contributed by atoms with Crippen molar-refractivity contribution in [1.82, 2.24) is 14.9 Å². The minimum Gasteiger partial charge on any atom is -0.476 e. The Kier molecular flexibility index (Phi) is 3.81. The summed E-state index contributed by atoms with van der Waals surface area (Å²) in [4.78, 5) is 23.3. The molecule has 0 amide bonds. The number of carboxylic acid groups (broad SMARTS) is 1. The first-order chi connectivity index (χ1) is 9.76. The van der Waals surface area contributed by atoms with E-state index in [0.29, 0.717) is 0 Å². The summed E-state index contributed by atoms with van der Waals surface area (Å²) in [6.07, 6.45) is 0. The van der Waals surface area contributed by atoms with Crippen LogP contribution in [0, 0.1) is 6.92 Å². The van der Waals surface area contributed by atoms with E-state index in [9.17, 15) is 18.0 Å². The van der Waals surface area contributed by atoms with Crippen LogP contribution in [0.2, 0.25) is 0 Å². The molecular weight excluding hydrogens is 302 g/mol. The van der Waals surface area contributed by atoms with Gasteiger partial charge in [0.15, 0.2) is 21.0 Å². The standard InChI is InChI=1S/C11H13N3O6S/c1-3-21(18,19)5-4-14-10(15)8-7(6(2)20-13-8)9(12-14)11(16)17/h3-5H2,1-2H3,(H,16,17). The largest absolute Gasteiger partial charge is 0.476 e. The molecule has 0 saturated carbocycles. The molecular formula is C11H13N3O6S. The molecule has 2 rings (SSSR count).